The number of hydrogen-bond acceptors (Lipinski definition) is 3. The Balaban J connectivity index is 1.99. The number of aliphatic hydroxyl groups is 1. The third-order valence-corrected chi connectivity index (χ3v) is 2.50. The molecule has 0 atom stereocenters. The van der Waals surface area contributed by atoms with Crippen LogP contribution in [0.25, 0.3) is 0 Å². The molecule has 1 heterocycles. The molecule has 1 N–H and O–H groups in total. The number of rotatable bonds is 1. The SMILES string of the molecule is O[C@H]1CC[C@H](c2ncco2)CC1. The van der Waals surface area contributed by atoms with Crippen LogP contribution in [0.5, 0.6) is 0 Å². The van der Waals surface area contributed by atoms with Gasteiger partial charge in [-0.15, -0.1) is 0 Å². The van der Waals surface area contributed by atoms with E-state index in [1.807, 2.05) is 0 Å². The standard InChI is InChI=1S/C9H13NO2/c11-8-3-1-7(2-4-8)9-10-5-6-12-9/h5-8,11H,1-4H2/t7-,8-. The van der Waals surface area contributed by atoms with Gasteiger partial charge in [0.25, 0.3) is 0 Å². The van der Waals surface area contributed by atoms with Gasteiger partial charge < -0.3 is 9.52 Å². The average molecular weight is 167 g/mol. The fourth-order valence-corrected chi connectivity index (χ4v) is 1.76. The van der Waals surface area contributed by atoms with Gasteiger partial charge in [0.1, 0.15) is 6.26 Å². The van der Waals surface area contributed by atoms with Crippen LogP contribution < -0.4 is 0 Å². The molecule has 1 aromatic rings. The molecule has 0 spiro atoms. The van der Waals surface area contributed by atoms with Crippen LogP contribution >= 0.6 is 0 Å². The second-order valence-electron chi connectivity index (χ2n) is 3.38. The van der Waals surface area contributed by atoms with Gasteiger partial charge in [0.05, 0.1) is 12.3 Å². The molecule has 0 aromatic carbocycles. The summed E-state index contributed by atoms with van der Waals surface area (Å²) in [5.41, 5.74) is 0. The predicted molar refractivity (Wildman–Crippen MR) is 43.7 cm³/mol. The van der Waals surface area contributed by atoms with Gasteiger partial charge in [-0.3, -0.25) is 0 Å². The van der Waals surface area contributed by atoms with E-state index in [-0.39, 0.29) is 6.10 Å². The average Bonchev–Trinajstić information content (AvgIpc) is 2.58. The molecule has 0 amide bonds. The van der Waals surface area contributed by atoms with E-state index in [1.54, 1.807) is 12.5 Å². The number of nitrogens with zero attached hydrogens (tertiary/aromatic N) is 1. The van der Waals surface area contributed by atoms with Crippen molar-refractivity contribution < 1.29 is 9.52 Å². The third-order valence-electron chi connectivity index (χ3n) is 2.50. The van der Waals surface area contributed by atoms with E-state index in [1.165, 1.54) is 0 Å². The van der Waals surface area contributed by atoms with Crippen molar-refractivity contribution in [2.24, 2.45) is 0 Å². The number of oxazole rings is 1. The van der Waals surface area contributed by atoms with Crippen molar-refractivity contribution in [3.8, 4) is 0 Å². The van der Waals surface area contributed by atoms with Crippen molar-refractivity contribution in [1.29, 1.82) is 0 Å². The zero-order valence-corrected chi connectivity index (χ0v) is 6.94. The quantitative estimate of drug-likeness (QED) is 0.692. The van der Waals surface area contributed by atoms with E-state index < -0.39 is 0 Å². The lowest BCUT2D eigenvalue weighted by Crippen LogP contribution is -2.16. The molecule has 1 aliphatic carbocycles. The Hall–Kier alpha value is -0.830. The summed E-state index contributed by atoms with van der Waals surface area (Å²) in [7, 11) is 0. The van der Waals surface area contributed by atoms with Gasteiger partial charge in [-0.25, -0.2) is 4.98 Å². The highest BCUT2D eigenvalue weighted by Gasteiger charge is 2.23. The highest BCUT2D eigenvalue weighted by molar-refractivity contribution is 4.94. The van der Waals surface area contributed by atoms with Crippen molar-refractivity contribution in [3.63, 3.8) is 0 Å². The lowest BCUT2D eigenvalue weighted by atomic mass is 9.87. The summed E-state index contributed by atoms with van der Waals surface area (Å²) in [6.45, 7) is 0. The molecule has 12 heavy (non-hydrogen) atoms. The summed E-state index contributed by atoms with van der Waals surface area (Å²) in [5.74, 6) is 1.27. The Morgan fingerprint density at radius 2 is 2.08 bits per heavy atom. The number of aromatic nitrogens is 1. The van der Waals surface area contributed by atoms with Crippen molar-refractivity contribution in [2.75, 3.05) is 0 Å². The lowest BCUT2D eigenvalue weighted by molar-refractivity contribution is 0.118. The van der Waals surface area contributed by atoms with E-state index >= 15 is 0 Å². The smallest absolute Gasteiger partial charge is 0.197 e. The molecule has 0 aliphatic heterocycles. The predicted octanol–water partition coefficient (Wildman–Crippen LogP) is 1.69. The molecule has 3 heteroatoms. The molecule has 2 rings (SSSR count). The first-order valence-electron chi connectivity index (χ1n) is 4.43. The maximum absolute atomic E-state index is 9.27. The highest BCUT2D eigenvalue weighted by Crippen LogP contribution is 2.31. The molecule has 1 aliphatic rings. The first-order chi connectivity index (χ1) is 5.86. The third kappa shape index (κ3) is 1.50. The largest absolute Gasteiger partial charge is 0.449 e. The molecule has 66 valence electrons. The molecule has 0 saturated heterocycles. The van der Waals surface area contributed by atoms with Gasteiger partial charge in [0, 0.05) is 5.92 Å². The minimum absolute atomic E-state index is 0.101. The maximum Gasteiger partial charge on any atom is 0.197 e. The normalized spacial score (nSPS) is 30.4. The van der Waals surface area contributed by atoms with Crippen molar-refractivity contribution in [2.45, 2.75) is 37.7 Å². The summed E-state index contributed by atoms with van der Waals surface area (Å²) in [6, 6.07) is 0. The summed E-state index contributed by atoms with van der Waals surface area (Å²) >= 11 is 0. The van der Waals surface area contributed by atoms with Crippen molar-refractivity contribution in [3.05, 3.63) is 18.4 Å². The van der Waals surface area contributed by atoms with Crippen LogP contribution in [0.1, 0.15) is 37.5 Å². The topological polar surface area (TPSA) is 46.3 Å². The van der Waals surface area contributed by atoms with Gasteiger partial charge in [0.15, 0.2) is 5.89 Å². The molecule has 1 saturated carbocycles. The first kappa shape index (κ1) is 7.80. The van der Waals surface area contributed by atoms with Crippen LogP contribution in [0.15, 0.2) is 16.9 Å². The second-order valence-corrected chi connectivity index (χ2v) is 3.38. The Morgan fingerprint density at radius 3 is 2.67 bits per heavy atom. The van der Waals surface area contributed by atoms with Gasteiger partial charge in [0.2, 0.25) is 0 Å². The zero-order valence-electron chi connectivity index (χ0n) is 6.94. The van der Waals surface area contributed by atoms with Crippen LogP contribution in [-0.4, -0.2) is 16.2 Å². The number of hydrogen-bond donors (Lipinski definition) is 1. The molecule has 0 bridgehead atoms. The van der Waals surface area contributed by atoms with E-state index in [9.17, 15) is 5.11 Å². The summed E-state index contributed by atoms with van der Waals surface area (Å²) in [5, 5.41) is 9.27. The monoisotopic (exact) mass is 167 g/mol. The Morgan fingerprint density at radius 1 is 1.33 bits per heavy atom. The van der Waals surface area contributed by atoms with E-state index in [2.05, 4.69) is 4.98 Å². The van der Waals surface area contributed by atoms with Gasteiger partial charge in [-0.1, -0.05) is 0 Å². The van der Waals surface area contributed by atoms with Gasteiger partial charge in [-0.2, -0.15) is 0 Å². The van der Waals surface area contributed by atoms with Crippen LogP contribution in [0, 0.1) is 0 Å². The molecule has 0 radical (unpaired) electrons. The summed E-state index contributed by atoms with van der Waals surface area (Å²) in [6.07, 6.45) is 6.96. The van der Waals surface area contributed by atoms with Crippen molar-refractivity contribution in [1.82, 2.24) is 4.98 Å². The van der Waals surface area contributed by atoms with Gasteiger partial charge in [-0.05, 0) is 25.7 Å². The van der Waals surface area contributed by atoms with E-state index in [0.29, 0.717) is 5.92 Å². The second kappa shape index (κ2) is 3.27. The minimum atomic E-state index is -0.101. The molecule has 1 fully saturated rings. The van der Waals surface area contributed by atoms with Crippen molar-refractivity contribution >= 4 is 0 Å². The van der Waals surface area contributed by atoms with Gasteiger partial charge >= 0.3 is 0 Å². The molecule has 1 aromatic heterocycles. The Labute approximate surface area is 71.4 Å². The van der Waals surface area contributed by atoms with E-state index in [0.717, 1.165) is 31.6 Å². The minimum Gasteiger partial charge on any atom is -0.449 e. The first-order valence-corrected chi connectivity index (χ1v) is 4.43. The zero-order chi connectivity index (χ0) is 8.39. The fourth-order valence-electron chi connectivity index (χ4n) is 1.76. The summed E-state index contributed by atoms with van der Waals surface area (Å²) in [4.78, 5) is 4.12. The van der Waals surface area contributed by atoms with Crippen LogP contribution in [0.2, 0.25) is 0 Å². The van der Waals surface area contributed by atoms with Crippen LogP contribution in [0.4, 0.5) is 0 Å². The molecule has 3 nitrogen and oxygen atoms in total. The fraction of sp³-hybridized carbons (Fsp3) is 0.667. The van der Waals surface area contributed by atoms with Crippen LogP contribution in [0.3, 0.4) is 0 Å². The lowest BCUT2D eigenvalue weighted by Gasteiger charge is -2.22. The Bertz CT molecular complexity index is 225. The Kier molecular flexibility index (Phi) is 2.13. The highest BCUT2D eigenvalue weighted by atomic mass is 16.3. The molecule has 0 unspecified atom stereocenters. The van der Waals surface area contributed by atoms with E-state index in [4.69, 9.17) is 4.42 Å². The number of aliphatic hydroxyl groups excluding tert-OH is 1. The maximum atomic E-state index is 9.27. The molecular weight excluding hydrogens is 154 g/mol. The van der Waals surface area contributed by atoms with Crippen LogP contribution in [-0.2, 0) is 0 Å². The molecular formula is C9H13NO2. The summed E-state index contributed by atoms with van der Waals surface area (Å²) < 4.78 is 5.22.